The normalized spacial score (nSPS) is 11.3. The number of benzene rings is 1. The maximum atomic E-state index is 13.2. The van der Waals surface area contributed by atoms with Gasteiger partial charge in [-0.15, -0.1) is 0 Å². The van der Waals surface area contributed by atoms with Gasteiger partial charge in [-0.3, -0.25) is 0 Å². The number of hydrogen-bond donors (Lipinski definition) is 0. The number of esters is 5. The van der Waals surface area contributed by atoms with Crippen molar-refractivity contribution in [2.24, 2.45) is 0 Å². The summed E-state index contributed by atoms with van der Waals surface area (Å²) in [6.45, 7) is 17.0. The van der Waals surface area contributed by atoms with E-state index in [2.05, 4.69) is 50.0 Å². The molecule has 0 radical (unpaired) electrons. The average Bonchev–Trinajstić information content (AvgIpc) is 3.11. The van der Waals surface area contributed by atoms with Gasteiger partial charge in [-0.25, -0.2) is 63.1 Å². The summed E-state index contributed by atoms with van der Waals surface area (Å²) < 4.78 is 191. The summed E-state index contributed by atoms with van der Waals surface area (Å²) in [6, 6.07) is 0. The third kappa shape index (κ3) is 23.3. The summed E-state index contributed by atoms with van der Waals surface area (Å²) in [6.07, 6.45) is -0.838. The molecule has 0 aliphatic heterocycles. The summed E-state index contributed by atoms with van der Waals surface area (Å²) in [7, 11) is -5.81. The lowest BCUT2D eigenvalue weighted by atomic mass is 10.0. The first-order valence-electron chi connectivity index (χ1n) is 16.3. The van der Waals surface area contributed by atoms with E-state index in [1.165, 1.54) is 27.7 Å². The Balaban J connectivity index is -0.000000738. The van der Waals surface area contributed by atoms with Gasteiger partial charge in [0.05, 0.1) is 6.61 Å². The molecule has 0 aliphatic rings. The highest BCUT2D eigenvalue weighted by Crippen LogP contribution is 2.35. The minimum atomic E-state index is -5.81. The monoisotopic (exact) mass is 923 g/mol. The van der Waals surface area contributed by atoms with Gasteiger partial charge in [-0.2, -0.15) is 17.6 Å². The summed E-state index contributed by atoms with van der Waals surface area (Å²) in [5, 5.41) is -4.61. The zero-order valence-electron chi connectivity index (χ0n) is 33.7. The van der Waals surface area contributed by atoms with Crippen LogP contribution < -0.4 is 4.74 Å². The van der Waals surface area contributed by atoms with Crippen molar-refractivity contribution in [3.05, 3.63) is 77.4 Å². The first-order chi connectivity index (χ1) is 27.1. The predicted molar refractivity (Wildman–Crippen MR) is 190 cm³/mol. The van der Waals surface area contributed by atoms with Crippen molar-refractivity contribution in [2.45, 2.75) is 84.6 Å². The molecule has 0 N–H and O–H groups in total. The fraction of sp³-hybridized carbons (Fsp3) is 0.472. The molecule has 25 heteroatoms. The van der Waals surface area contributed by atoms with Crippen LogP contribution in [0.25, 0.3) is 0 Å². The maximum Gasteiger partial charge on any atom is 0.367 e. The molecule has 0 unspecified atom stereocenters. The lowest BCUT2D eigenvalue weighted by molar-refractivity contribution is -0.163. The Hall–Kier alpha value is -5.33. The van der Waals surface area contributed by atoms with E-state index in [9.17, 15) is 85.2 Å². The maximum absolute atomic E-state index is 13.2. The second kappa shape index (κ2) is 24.8. The second-order valence-corrected chi connectivity index (χ2v) is 14.3. The lowest BCUT2D eigenvalue weighted by Crippen LogP contribution is -2.39. The molecular formula is C36H42F11O13S-. The van der Waals surface area contributed by atoms with E-state index in [-0.39, 0.29) is 22.3 Å². The first kappa shape index (κ1) is 60.0. The standard InChI is InChI=1S/C11H8F4O2.C10H15F3O2.C9H12F2O4.C6H8F2O5S/c1-4(2)11(16)17-10-8(14)6(12)5(3)7(13)9(10)15;1-7(2)8(14)15-6-5-10(12,13)9(3,4)11;1-6(2)8(13)14-4-7(12)15-5-9(3,10)11;1-4(2)5(9)13-3-6(7,8)14(10,11)12/h1H2,2-3H3;1,5-6H2,2-4H3;1,4-5H2,2-3H3;1,3H2,2H3,(H,10,11,12)/p-1. The van der Waals surface area contributed by atoms with Crippen LogP contribution in [0.1, 0.15) is 60.5 Å². The molecule has 61 heavy (non-hydrogen) atoms. The Morgan fingerprint density at radius 1 is 0.607 bits per heavy atom. The van der Waals surface area contributed by atoms with E-state index in [1.807, 2.05) is 0 Å². The molecule has 1 rings (SSSR count). The highest BCUT2D eigenvalue weighted by molar-refractivity contribution is 7.86. The van der Waals surface area contributed by atoms with Gasteiger partial charge in [0.2, 0.25) is 17.4 Å². The number of hydrogen-bond acceptors (Lipinski definition) is 13. The molecule has 0 aliphatic carbocycles. The smallest absolute Gasteiger partial charge is 0.367 e. The Labute approximate surface area is 342 Å². The van der Waals surface area contributed by atoms with E-state index in [4.69, 9.17) is 0 Å². The van der Waals surface area contributed by atoms with Crippen molar-refractivity contribution in [3.8, 4) is 5.75 Å². The van der Waals surface area contributed by atoms with Crippen LogP contribution in [0.15, 0.2) is 48.6 Å². The van der Waals surface area contributed by atoms with Crippen LogP contribution in [0, 0.1) is 30.2 Å². The molecular weight excluding hydrogens is 881 g/mol. The number of halogens is 11. The summed E-state index contributed by atoms with van der Waals surface area (Å²) in [4.78, 5) is 53.9. The molecule has 13 nitrogen and oxygen atoms in total. The lowest BCUT2D eigenvalue weighted by Gasteiger charge is -2.26. The van der Waals surface area contributed by atoms with E-state index < -0.39 is 130 Å². The van der Waals surface area contributed by atoms with E-state index in [0.717, 1.165) is 20.8 Å². The van der Waals surface area contributed by atoms with Gasteiger partial charge in [0.1, 0.15) is 0 Å². The molecule has 1 aromatic carbocycles. The third-order valence-corrected chi connectivity index (χ3v) is 6.94. The zero-order chi connectivity index (χ0) is 49.2. The highest BCUT2D eigenvalue weighted by Gasteiger charge is 2.47. The molecule has 0 bridgehead atoms. The van der Waals surface area contributed by atoms with Crippen molar-refractivity contribution < 1.29 is 109 Å². The first-order valence-corrected chi connectivity index (χ1v) is 17.7. The van der Waals surface area contributed by atoms with Crippen LogP contribution in [0.2, 0.25) is 0 Å². The SMILES string of the molecule is C=C(C)C(=O)OCC(=O)OCC(C)(F)F.C=C(C)C(=O)OCC(F)(F)S(=O)(=O)[O-].C=C(C)C(=O)OCCC(F)(F)C(C)(C)F.C=C(C)C(=O)Oc1c(F)c(F)c(C)c(F)c1F. The van der Waals surface area contributed by atoms with Crippen molar-refractivity contribution in [1.82, 2.24) is 0 Å². The van der Waals surface area contributed by atoms with Crippen LogP contribution in [-0.4, -0.2) is 92.0 Å². The van der Waals surface area contributed by atoms with Crippen molar-refractivity contribution in [1.29, 1.82) is 0 Å². The molecule has 0 fully saturated rings. The predicted octanol–water partition coefficient (Wildman–Crippen LogP) is 7.46. The Morgan fingerprint density at radius 2 is 0.984 bits per heavy atom. The number of carbonyl (C=O) groups is 5. The minimum Gasteiger partial charge on any atom is -0.743 e. The second-order valence-electron chi connectivity index (χ2n) is 12.8. The van der Waals surface area contributed by atoms with E-state index in [0.29, 0.717) is 6.92 Å². The summed E-state index contributed by atoms with van der Waals surface area (Å²) in [5.41, 5.74) is -3.55. The molecule has 0 saturated carbocycles. The van der Waals surface area contributed by atoms with Crippen molar-refractivity contribution in [2.75, 3.05) is 26.4 Å². The van der Waals surface area contributed by atoms with Crippen molar-refractivity contribution in [3.63, 3.8) is 0 Å². The molecule has 348 valence electrons. The number of rotatable bonds is 16. The van der Waals surface area contributed by atoms with Gasteiger partial charge in [0, 0.05) is 41.2 Å². The molecule has 0 amide bonds. The van der Waals surface area contributed by atoms with Crippen LogP contribution in [0.4, 0.5) is 48.3 Å². The van der Waals surface area contributed by atoms with Gasteiger partial charge in [-0.05, 0) is 48.5 Å². The fourth-order valence-corrected chi connectivity index (χ4v) is 2.73. The Morgan fingerprint density at radius 3 is 1.33 bits per heavy atom. The largest absolute Gasteiger partial charge is 0.743 e. The number of alkyl halides is 7. The quantitative estimate of drug-likeness (QED) is 0.0303. The topological polar surface area (TPSA) is 189 Å². The van der Waals surface area contributed by atoms with Crippen LogP contribution in [0.3, 0.4) is 0 Å². The average molecular weight is 924 g/mol. The van der Waals surface area contributed by atoms with Crippen molar-refractivity contribution >= 4 is 40.0 Å². The van der Waals surface area contributed by atoms with Gasteiger partial charge in [0.15, 0.2) is 47.2 Å². The fourth-order valence-electron chi connectivity index (χ4n) is 2.52. The van der Waals surface area contributed by atoms with Crippen LogP contribution in [0.5, 0.6) is 5.75 Å². The van der Waals surface area contributed by atoms with Crippen LogP contribution >= 0.6 is 0 Å². The van der Waals surface area contributed by atoms with Gasteiger partial charge >= 0.3 is 35.1 Å². The van der Waals surface area contributed by atoms with Crippen LogP contribution in [-0.2, 0) is 53.0 Å². The highest BCUT2D eigenvalue weighted by atomic mass is 32.2. The summed E-state index contributed by atoms with van der Waals surface area (Å²) >= 11 is 0. The van der Waals surface area contributed by atoms with E-state index >= 15 is 0 Å². The summed E-state index contributed by atoms with van der Waals surface area (Å²) in [5.74, 6) is -19.6. The Kier molecular flexibility index (Phi) is 24.4. The van der Waals surface area contributed by atoms with Gasteiger partial charge in [0.25, 0.3) is 11.8 Å². The number of ether oxygens (including phenoxy) is 5. The van der Waals surface area contributed by atoms with E-state index in [1.54, 1.807) is 0 Å². The Bertz CT molecular complexity index is 1890. The molecule has 0 atom stereocenters. The van der Waals surface area contributed by atoms with Gasteiger partial charge in [-0.1, -0.05) is 26.3 Å². The molecule has 0 spiro atoms. The molecule has 1 aromatic rings. The minimum absolute atomic E-state index is 0.114. The molecule has 0 saturated heterocycles. The third-order valence-electron chi connectivity index (χ3n) is 6.09. The van der Waals surface area contributed by atoms with Gasteiger partial charge < -0.3 is 28.2 Å². The number of carbonyl (C=O) groups excluding carboxylic acids is 5. The molecule has 0 heterocycles. The zero-order valence-corrected chi connectivity index (χ0v) is 34.6. The molecule has 0 aromatic heterocycles.